The van der Waals surface area contributed by atoms with E-state index < -0.39 is 0 Å². The number of hydrogen-bond acceptors (Lipinski definition) is 8. The molecule has 9 nitrogen and oxygen atoms in total. The zero-order chi connectivity index (χ0) is 11.0. The predicted molar refractivity (Wildman–Crippen MR) is 53.8 cm³/mol. The number of fused-ring (bicyclic) bond motifs is 1. The summed E-state index contributed by atoms with van der Waals surface area (Å²) in [4.78, 5) is 10.1. The van der Waals surface area contributed by atoms with Gasteiger partial charge >= 0.3 is 0 Å². The summed E-state index contributed by atoms with van der Waals surface area (Å²) in [5.41, 5.74) is 5.60. The molecule has 0 radical (unpaired) electrons. The van der Waals surface area contributed by atoms with E-state index in [4.69, 9.17) is 10.5 Å². The van der Waals surface area contributed by atoms with Gasteiger partial charge in [-0.15, -0.1) is 4.52 Å². The Bertz CT molecular complexity index is 504. The van der Waals surface area contributed by atoms with Gasteiger partial charge in [0.2, 0.25) is 11.9 Å². The van der Waals surface area contributed by atoms with Gasteiger partial charge in [-0.1, -0.05) is 5.10 Å². The predicted octanol–water partition coefficient (Wildman–Crippen LogP) is -1.67. The number of tetrazole rings is 1. The Kier molecular flexibility index (Phi) is 2.03. The first kappa shape index (κ1) is 9.21. The van der Waals surface area contributed by atoms with Crippen LogP contribution >= 0.6 is 0 Å². The van der Waals surface area contributed by atoms with Crippen LogP contribution in [0.2, 0.25) is 0 Å². The van der Waals surface area contributed by atoms with Crippen LogP contribution in [0.3, 0.4) is 0 Å². The molecule has 2 aromatic rings. The second-order valence-electron chi connectivity index (χ2n) is 3.37. The second-order valence-corrected chi connectivity index (χ2v) is 3.37. The molecule has 0 bridgehead atoms. The summed E-state index contributed by atoms with van der Waals surface area (Å²) < 4.78 is 6.74. The van der Waals surface area contributed by atoms with E-state index in [0.717, 1.165) is 13.1 Å². The highest BCUT2D eigenvalue weighted by atomic mass is 16.5. The molecule has 0 aliphatic carbocycles. The second kappa shape index (κ2) is 3.52. The SMILES string of the molecule is Nc1nc(N2CCOCC2)n2nnnc2n1. The largest absolute Gasteiger partial charge is 0.378 e. The lowest BCUT2D eigenvalue weighted by molar-refractivity contribution is 0.121. The van der Waals surface area contributed by atoms with Gasteiger partial charge in [-0.25, -0.2) is 0 Å². The summed E-state index contributed by atoms with van der Waals surface area (Å²) in [6.07, 6.45) is 0. The molecule has 0 spiro atoms. The van der Waals surface area contributed by atoms with Gasteiger partial charge in [-0.05, 0) is 10.4 Å². The molecule has 2 N–H and O–H groups in total. The number of rotatable bonds is 1. The monoisotopic (exact) mass is 222 g/mol. The van der Waals surface area contributed by atoms with E-state index in [1.165, 1.54) is 4.52 Å². The summed E-state index contributed by atoms with van der Waals surface area (Å²) in [5, 5.41) is 11.1. The molecule has 0 aromatic carbocycles. The minimum absolute atomic E-state index is 0.170. The first-order valence-corrected chi connectivity index (χ1v) is 4.89. The first-order valence-electron chi connectivity index (χ1n) is 4.89. The molecule has 0 amide bonds. The van der Waals surface area contributed by atoms with E-state index in [0.29, 0.717) is 24.9 Å². The third-order valence-corrected chi connectivity index (χ3v) is 2.37. The van der Waals surface area contributed by atoms with Crippen molar-refractivity contribution in [3.05, 3.63) is 0 Å². The lowest BCUT2D eigenvalue weighted by Gasteiger charge is -2.27. The van der Waals surface area contributed by atoms with Gasteiger partial charge < -0.3 is 15.4 Å². The molecule has 0 atom stereocenters. The highest BCUT2D eigenvalue weighted by Gasteiger charge is 2.18. The molecule has 84 valence electrons. The minimum Gasteiger partial charge on any atom is -0.378 e. The lowest BCUT2D eigenvalue weighted by Crippen LogP contribution is -2.38. The summed E-state index contributed by atoms with van der Waals surface area (Å²) >= 11 is 0. The third kappa shape index (κ3) is 1.41. The molecule has 2 aromatic heterocycles. The van der Waals surface area contributed by atoms with Crippen molar-refractivity contribution in [1.29, 1.82) is 0 Å². The number of aromatic nitrogens is 6. The molecule has 3 rings (SSSR count). The van der Waals surface area contributed by atoms with Crippen molar-refractivity contribution in [2.24, 2.45) is 0 Å². The van der Waals surface area contributed by atoms with Crippen LogP contribution in [0.1, 0.15) is 0 Å². The average molecular weight is 222 g/mol. The Morgan fingerprint density at radius 1 is 1.19 bits per heavy atom. The van der Waals surface area contributed by atoms with Gasteiger partial charge in [-0.2, -0.15) is 9.97 Å². The van der Waals surface area contributed by atoms with Crippen LogP contribution in [-0.4, -0.2) is 56.3 Å². The smallest absolute Gasteiger partial charge is 0.279 e. The van der Waals surface area contributed by atoms with Crippen molar-refractivity contribution >= 4 is 17.7 Å². The Morgan fingerprint density at radius 2 is 2.00 bits per heavy atom. The Balaban J connectivity index is 2.09. The fourth-order valence-electron chi connectivity index (χ4n) is 1.63. The first-order chi connectivity index (χ1) is 7.84. The van der Waals surface area contributed by atoms with Gasteiger partial charge in [0.25, 0.3) is 5.78 Å². The van der Waals surface area contributed by atoms with Gasteiger partial charge in [-0.3, -0.25) is 0 Å². The number of hydrogen-bond donors (Lipinski definition) is 1. The molecular formula is C7H10N8O. The van der Waals surface area contributed by atoms with Crippen LogP contribution in [0.5, 0.6) is 0 Å². The topological polar surface area (TPSA) is 107 Å². The molecule has 1 saturated heterocycles. The number of anilines is 2. The maximum Gasteiger partial charge on any atom is 0.279 e. The van der Waals surface area contributed by atoms with Gasteiger partial charge in [0.15, 0.2) is 0 Å². The number of nitrogen functional groups attached to an aromatic ring is 1. The molecule has 9 heteroatoms. The summed E-state index contributed by atoms with van der Waals surface area (Å²) in [6, 6.07) is 0. The van der Waals surface area contributed by atoms with Gasteiger partial charge in [0.05, 0.1) is 13.2 Å². The molecule has 3 heterocycles. The summed E-state index contributed by atoms with van der Waals surface area (Å²) in [6.45, 7) is 2.80. The molecular weight excluding hydrogens is 212 g/mol. The highest BCUT2D eigenvalue weighted by molar-refractivity contribution is 5.43. The summed E-state index contributed by atoms with van der Waals surface area (Å²) in [5.74, 6) is 1.13. The molecule has 0 unspecified atom stereocenters. The van der Waals surface area contributed by atoms with Crippen LogP contribution in [0.25, 0.3) is 5.78 Å². The zero-order valence-electron chi connectivity index (χ0n) is 8.44. The van der Waals surface area contributed by atoms with Crippen LogP contribution in [0.15, 0.2) is 0 Å². The summed E-state index contributed by atoms with van der Waals surface area (Å²) in [7, 11) is 0. The maximum atomic E-state index is 5.60. The minimum atomic E-state index is 0.170. The quantitative estimate of drug-likeness (QED) is 0.610. The van der Waals surface area contributed by atoms with Crippen molar-refractivity contribution in [2.45, 2.75) is 0 Å². The Labute approximate surface area is 90.2 Å². The van der Waals surface area contributed by atoms with Crippen molar-refractivity contribution < 1.29 is 4.74 Å². The molecule has 0 saturated carbocycles. The fourth-order valence-corrected chi connectivity index (χ4v) is 1.63. The van der Waals surface area contributed by atoms with E-state index in [1.54, 1.807) is 0 Å². The van der Waals surface area contributed by atoms with E-state index in [9.17, 15) is 0 Å². The van der Waals surface area contributed by atoms with Gasteiger partial charge in [0.1, 0.15) is 0 Å². The van der Waals surface area contributed by atoms with Crippen LogP contribution in [-0.2, 0) is 4.74 Å². The molecule has 1 fully saturated rings. The number of ether oxygens (including phenoxy) is 1. The van der Waals surface area contributed by atoms with E-state index in [-0.39, 0.29) is 5.95 Å². The highest BCUT2D eigenvalue weighted by Crippen LogP contribution is 2.13. The van der Waals surface area contributed by atoms with Crippen molar-refractivity contribution in [3.8, 4) is 0 Å². The average Bonchev–Trinajstić information content (AvgIpc) is 2.77. The van der Waals surface area contributed by atoms with Crippen molar-refractivity contribution in [3.63, 3.8) is 0 Å². The van der Waals surface area contributed by atoms with Crippen LogP contribution in [0.4, 0.5) is 11.9 Å². The fraction of sp³-hybridized carbons (Fsp3) is 0.571. The standard InChI is InChI=1S/C7H10N8O/c8-5-9-6-11-12-13-15(6)7(10-5)14-1-3-16-4-2-14/h1-4H2,(H2,8,9,11,13). The number of nitrogens with two attached hydrogens (primary N) is 1. The Hall–Kier alpha value is -2.03. The maximum absolute atomic E-state index is 5.60. The number of morpholine rings is 1. The molecule has 1 aliphatic heterocycles. The van der Waals surface area contributed by atoms with E-state index in [2.05, 4.69) is 25.5 Å². The van der Waals surface area contributed by atoms with Gasteiger partial charge in [0, 0.05) is 13.1 Å². The normalized spacial score (nSPS) is 16.9. The van der Waals surface area contributed by atoms with Crippen LogP contribution in [0, 0.1) is 0 Å². The number of nitrogens with zero attached hydrogens (tertiary/aromatic N) is 7. The molecule has 16 heavy (non-hydrogen) atoms. The van der Waals surface area contributed by atoms with Crippen molar-refractivity contribution in [2.75, 3.05) is 36.9 Å². The lowest BCUT2D eigenvalue weighted by atomic mass is 10.4. The van der Waals surface area contributed by atoms with Crippen molar-refractivity contribution in [1.82, 2.24) is 30.0 Å². The van der Waals surface area contributed by atoms with E-state index >= 15 is 0 Å². The molecule has 1 aliphatic rings. The third-order valence-electron chi connectivity index (χ3n) is 2.37. The zero-order valence-corrected chi connectivity index (χ0v) is 8.44. The van der Waals surface area contributed by atoms with Crippen LogP contribution < -0.4 is 10.6 Å². The Morgan fingerprint density at radius 3 is 2.81 bits per heavy atom. The van der Waals surface area contributed by atoms with E-state index in [1.807, 2.05) is 4.90 Å².